The zero-order valence-corrected chi connectivity index (χ0v) is 9.80. The number of amides is 1. The largest absolute Gasteiger partial charge is 0.444 e. The monoisotopic (exact) mass is 209 g/mol. The third-order valence-corrected chi connectivity index (χ3v) is 2.22. The van der Waals surface area contributed by atoms with E-state index >= 15 is 0 Å². The Labute approximate surface area is 91.4 Å². The first-order chi connectivity index (χ1) is 6.79. The lowest BCUT2D eigenvalue weighted by Gasteiger charge is -2.31. The quantitative estimate of drug-likeness (QED) is 0.614. The molecule has 1 amide bonds. The van der Waals surface area contributed by atoms with E-state index in [1.54, 1.807) is 4.90 Å². The molecule has 3 nitrogen and oxygen atoms in total. The Morgan fingerprint density at radius 3 is 2.40 bits per heavy atom. The van der Waals surface area contributed by atoms with Crippen molar-refractivity contribution in [1.29, 1.82) is 0 Å². The van der Waals surface area contributed by atoms with Crippen molar-refractivity contribution in [2.45, 2.75) is 32.8 Å². The molecule has 1 saturated heterocycles. The summed E-state index contributed by atoms with van der Waals surface area (Å²) < 4.78 is 5.28. The van der Waals surface area contributed by atoms with Gasteiger partial charge in [0.2, 0.25) is 0 Å². The van der Waals surface area contributed by atoms with Crippen LogP contribution in [0.5, 0.6) is 0 Å². The van der Waals surface area contributed by atoms with E-state index in [0.717, 1.165) is 17.6 Å². The second-order valence-corrected chi connectivity index (χ2v) is 4.86. The van der Waals surface area contributed by atoms with Crippen molar-refractivity contribution in [2.24, 2.45) is 0 Å². The Balaban J connectivity index is 2.55. The van der Waals surface area contributed by atoms with Gasteiger partial charge in [0.05, 0.1) is 0 Å². The van der Waals surface area contributed by atoms with E-state index in [9.17, 15) is 4.79 Å². The highest BCUT2D eigenvalue weighted by Crippen LogP contribution is 2.20. The number of rotatable bonds is 0. The number of hydrogen-bond donors (Lipinski definition) is 0. The van der Waals surface area contributed by atoms with Gasteiger partial charge in [-0.05, 0) is 38.3 Å². The number of ether oxygens (including phenoxy) is 1. The third-order valence-electron chi connectivity index (χ3n) is 2.22. The summed E-state index contributed by atoms with van der Waals surface area (Å²) in [4.78, 5) is 13.4. The van der Waals surface area contributed by atoms with Crippen molar-refractivity contribution in [3.8, 4) is 0 Å². The van der Waals surface area contributed by atoms with E-state index in [1.165, 1.54) is 0 Å². The Hall–Kier alpha value is -1.25. The average Bonchev–Trinajstić information content (AvgIpc) is 2.06. The Kier molecular flexibility index (Phi) is 3.22. The van der Waals surface area contributed by atoms with Crippen LogP contribution in [0.25, 0.3) is 0 Å². The van der Waals surface area contributed by atoms with Crippen molar-refractivity contribution >= 4 is 6.09 Å². The maximum atomic E-state index is 11.7. The van der Waals surface area contributed by atoms with Gasteiger partial charge >= 0.3 is 6.09 Å². The highest BCUT2D eigenvalue weighted by atomic mass is 16.6. The molecule has 0 aromatic rings. The smallest absolute Gasteiger partial charge is 0.410 e. The summed E-state index contributed by atoms with van der Waals surface area (Å²) in [5, 5.41) is 0. The molecule has 3 heteroatoms. The van der Waals surface area contributed by atoms with Crippen LogP contribution in [0, 0.1) is 0 Å². The second-order valence-electron chi connectivity index (χ2n) is 4.86. The molecule has 0 aromatic carbocycles. The molecule has 0 spiro atoms. The molecule has 1 rings (SSSR count). The molecule has 1 aliphatic rings. The van der Waals surface area contributed by atoms with E-state index in [0.29, 0.717) is 13.1 Å². The number of likely N-dealkylation sites (tertiary alicyclic amines) is 1. The summed E-state index contributed by atoms with van der Waals surface area (Å²) in [6, 6.07) is 0. The Bertz CT molecular complexity index is 299. The molecule has 0 aliphatic carbocycles. The van der Waals surface area contributed by atoms with Crippen LogP contribution in [0.1, 0.15) is 27.2 Å². The molecule has 84 valence electrons. The molecular formula is C12H19NO2. The number of piperidine rings is 1. The molecule has 0 N–H and O–H groups in total. The first-order valence-electron chi connectivity index (χ1n) is 5.13. The predicted octanol–water partition coefficient (Wildman–Crippen LogP) is 2.74. The fourth-order valence-corrected chi connectivity index (χ4v) is 1.35. The molecule has 1 aliphatic heterocycles. The van der Waals surface area contributed by atoms with Gasteiger partial charge < -0.3 is 9.64 Å². The van der Waals surface area contributed by atoms with Crippen molar-refractivity contribution in [2.75, 3.05) is 13.1 Å². The molecule has 0 radical (unpaired) electrons. The van der Waals surface area contributed by atoms with Crippen molar-refractivity contribution in [3.63, 3.8) is 0 Å². The first-order valence-corrected chi connectivity index (χ1v) is 5.13. The topological polar surface area (TPSA) is 29.5 Å². The lowest BCUT2D eigenvalue weighted by atomic mass is 10.0. The SMILES string of the molecule is C=C1CCN(C(=O)OC(C)(C)C)CC1=C. The van der Waals surface area contributed by atoms with Crippen LogP contribution < -0.4 is 0 Å². The average molecular weight is 209 g/mol. The summed E-state index contributed by atoms with van der Waals surface area (Å²) in [6.07, 6.45) is 0.522. The molecule has 0 bridgehead atoms. The molecule has 1 heterocycles. The fraction of sp³-hybridized carbons (Fsp3) is 0.583. The van der Waals surface area contributed by atoms with Gasteiger partial charge in [0.25, 0.3) is 0 Å². The van der Waals surface area contributed by atoms with Crippen molar-refractivity contribution in [3.05, 3.63) is 24.3 Å². The minimum Gasteiger partial charge on any atom is -0.444 e. The number of carbonyl (C=O) groups is 1. The van der Waals surface area contributed by atoms with Crippen LogP contribution in [0.2, 0.25) is 0 Å². The van der Waals surface area contributed by atoms with E-state index < -0.39 is 5.60 Å². The van der Waals surface area contributed by atoms with Crippen LogP contribution in [0.15, 0.2) is 24.3 Å². The summed E-state index contributed by atoms with van der Waals surface area (Å²) in [6.45, 7) is 14.6. The zero-order valence-electron chi connectivity index (χ0n) is 9.80. The lowest BCUT2D eigenvalue weighted by Crippen LogP contribution is -2.40. The molecule has 0 saturated carbocycles. The fourth-order valence-electron chi connectivity index (χ4n) is 1.35. The Morgan fingerprint density at radius 2 is 1.93 bits per heavy atom. The van der Waals surface area contributed by atoms with Crippen LogP contribution in [0.3, 0.4) is 0 Å². The molecule has 15 heavy (non-hydrogen) atoms. The third kappa shape index (κ3) is 3.42. The van der Waals surface area contributed by atoms with E-state index in [-0.39, 0.29) is 6.09 Å². The number of nitrogens with zero attached hydrogens (tertiary/aromatic N) is 1. The molecule has 0 unspecified atom stereocenters. The van der Waals surface area contributed by atoms with E-state index in [2.05, 4.69) is 13.2 Å². The molecule has 0 aromatic heterocycles. The van der Waals surface area contributed by atoms with Gasteiger partial charge in [-0.15, -0.1) is 0 Å². The van der Waals surface area contributed by atoms with Crippen LogP contribution in [0.4, 0.5) is 4.79 Å². The summed E-state index contributed by atoms with van der Waals surface area (Å²) >= 11 is 0. The lowest BCUT2D eigenvalue weighted by molar-refractivity contribution is 0.0259. The van der Waals surface area contributed by atoms with Gasteiger partial charge in [0.1, 0.15) is 5.60 Å². The second kappa shape index (κ2) is 4.09. The minimum atomic E-state index is -0.438. The van der Waals surface area contributed by atoms with Crippen LogP contribution in [-0.4, -0.2) is 29.7 Å². The predicted molar refractivity (Wildman–Crippen MR) is 60.7 cm³/mol. The van der Waals surface area contributed by atoms with Crippen LogP contribution >= 0.6 is 0 Å². The summed E-state index contributed by atoms with van der Waals surface area (Å²) in [5.41, 5.74) is 1.52. The molecular weight excluding hydrogens is 190 g/mol. The maximum absolute atomic E-state index is 11.7. The molecule has 0 atom stereocenters. The van der Waals surface area contributed by atoms with Crippen molar-refractivity contribution < 1.29 is 9.53 Å². The van der Waals surface area contributed by atoms with Crippen LogP contribution in [-0.2, 0) is 4.74 Å². The van der Waals surface area contributed by atoms with Gasteiger partial charge in [-0.2, -0.15) is 0 Å². The number of hydrogen-bond acceptors (Lipinski definition) is 2. The minimum absolute atomic E-state index is 0.267. The summed E-state index contributed by atoms with van der Waals surface area (Å²) in [7, 11) is 0. The van der Waals surface area contributed by atoms with Gasteiger partial charge in [-0.1, -0.05) is 13.2 Å². The number of carbonyl (C=O) groups excluding carboxylic acids is 1. The standard InChI is InChI=1S/C12H19NO2/c1-9-6-7-13(8-10(9)2)11(14)15-12(3,4)5/h1-2,6-8H2,3-5H3. The normalized spacial score (nSPS) is 17.9. The Morgan fingerprint density at radius 1 is 1.33 bits per heavy atom. The van der Waals surface area contributed by atoms with Gasteiger partial charge in [0, 0.05) is 13.1 Å². The van der Waals surface area contributed by atoms with Gasteiger partial charge in [-0.3, -0.25) is 0 Å². The van der Waals surface area contributed by atoms with Crippen molar-refractivity contribution in [1.82, 2.24) is 4.90 Å². The summed E-state index contributed by atoms with van der Waals surface area (Å²) in [5.74, 6) is 0. The van der Waals surface area contributed by atoms with E-state index in [1.807, 2.05) is 20.8 Å². The highest BCUT2D eigenvalue weighted by Gasteiger charge is 2.25. The zero-order chi connectivity index (χ0) is 11.6. The maximum Gasteiger partial charge on any atom is 0.410 e. The van der Waals surface area contributed by atoms with Gasteiger partial charge in [-0.25, -0.2) is 4.79 Å². The molecule has 1 fully saturated rings. The highest BCUT2D eigenvalue weighted by molar-refractivity contribution is 5.69. The first kappa shape index (κ1) is 11.8. The van der Waals surface area contributed by atoms with E-state index in [4.69, 9.17) is 4.74 Å². The van der Waals surface area contributed by atoms with Gasteiger partial charge in [0.15, 0.2) is 0 Å².